The van der Waals surface area contributed by atoms with Crippen LogP contribution in [0.15, 0.2) is 36.7 Å². The highest BCUT2D eigenvalue weighted by molar-refractivity contribution is 5.85. The molecule has 1 unspecified atom stereocenters. The molecule has 1 heterocycles. The predicted octanol–water partition coefficient (Wildman–Crippen LogP) is 1.84. The largest absolute Gasteiger partial charge is 0.383 e. The summed E-state index contributed by atoms with van der Waals surface area (Å²) in [5, 5.41) is 5.86. The minimum atomic E-state index is -0.512. The number of carbonyl (C=O) groups is 1. The zero-order valence-corrected chi connectivity index (χ0v) is 15.7. The van der Waals surface area contributed by atoms with E-state index in [9.17, 15) is 9.18 Å². The highest BCUT2D eigenvalue weighted by atomic mass is 35.5. The summed E-state index contributed by atoms with van der Waals surface area (Å²) in [5.41, 5.74) is 0.643. The number of nitrogens with zero attached hydrogens (tertiary/aromatic N) is 2. The van der Waals surface area contributed by atoms with E-state index >= 15 is 0 Å². The van der Waals surface area contributed by atoms with Gasteiger partial charge in [-0.15, -0.1) is 24.8 Å². The molecule has 1 aromatic heterocycles. The molecule has 1 amide bonds. The molecule has 0 fully saturated rings. The molecule has 6 nitrogen and oxygen atoms in total. The summed E-state index contributed by atoms with van der Waals surface area (Å²) in [6.07, 6.45) is 3.43. The van der Waals surface area contributed by atoms with Crippen LogP contribution in [0.3, 0.4) is 0 Å². The first-order valence-electron chi connectivity index (χ1n) is 7.33. The Kier molecular flexibility index (Phi) is 11.0. The van der Waals surface area contributed by atoms with Gasteiger partial charge in [-0.3, -0.25) is 4.79 Å². The smallest absolute Gasteiger partial charge is 0.234 e. The first-order chi connectivity index (χ1) is 11.1. The van der Waals surface area contributed by atoms with Gasteiger partial charge < -0.3 is 19.9 Å². The third-order valence-corrected chi connectivity index (χ3v) is 3.37. The van der Waals surface area contributed by atoms with Crippen molar-refractivity contribution in [3.8, 4) is 0 Å². The van der Waals surface area contributed by atoms with Crippen LogP contribution in [0.2, 0.25) is 0 Å². The average molecular weight is 393 g/mol. The van der Waals surface area contributed by atoms with Gasteiger partial charge >= 0.3 is 0 Å². The molecule has 1 atom stereocenters. The number of aromatic nitrogens is 2. The molecule has 9 heteroatoms. The Morgan fingerprint density at radius 3 is 2.76 bits per heavy atom. The monoisotopic (exact) mass is 392 g/mol. The van der Waals surface area contributed by atoms with E-state index in [1.165, 1.54) is 12.1 Å². The zero-order valence-electron chi connectivity index (χ0n) is 14.1. The second-order valence-electron chi connectivity index (χ2n) is 5.12. The molecule has 1 aromatic carbocycles. The topological polar surface area (TPSA) is 68.2 Å². The Labute approximate surface area is 159 Å². The van der Waals surface area contributed by atoms with Crippen molar-refractivity contribution >= 4 is 30.7 Å². The van der Waals surface area contributed by atoms with Gasteiger partial charge in [0, 0.05) is 33.1 Å². The Bertz CT molecular complexity index is 655. The van der Waals surface area contributed by atoms with Crippen LogP contribution in [0.4, 0.5) is 4.39 Å². The number of aryl methyl sites for hydroxylation is 1. The minimum absolute atomic E-state index is 0. The Hall–Kier alpha value is -1.67. The lowest BCUT2D eigenvalue weighted by atomic mass is 10.1. The van der Waals surface area contributed by atoms with E-state index in [1.807, 2.05) is 7.05 Å². The first-order valence-corrected chi connectivity index (χ1v) is 7.33. The van der Waals surface area contributed by atoms with Crippen molar-refractivity contribution in [3.63, 3.8) is 0 Å². The number of benzene rings is 1. The third kappa shape index (κ3) is 6.99. The zero-order chi connectivity index (χ0) is 16.7. The number of amides is 1. The molecule has 0 saturated carbocycles. The van der Waals surface area contributed by atoms with Crippen LogP contribution in [0.1, 0.15) is 17.4 Å². The number of imidazole rings is 1. The fourth-order valence-electron chi connectivity index (χ4n) is 2.23. The first kappa shape index (κ1) is 23.3. The van der Waals surface area contributed by atoms with Gasteiger partial charge in [-0.25, -0.2) is 9.37 Å². The third-order valence-electron chi connectivity index (χ3n) is 3.37. The molecule has 0 bridgehead atoms. The van der Waals surface area contributed by atoms with E-state index < -0.39 is 6.04 Å². The van der Waals surface area contributed by atoms with Crippen LogP contribution in [0.25, 0.3) is 0 Å². The summed E-state index contributed by atoms with van der Waals surface area (Å²) in [6, 6.07) is 5.64. The van der Waals surface area contributed by atoms with Crippen LogP contribution in [0.5, 0.6) is 0 Å². The van der Waals surface area contributed by atoms with Gasteiger partial charge in [0.15, 0.2) is 0 Å². The van der Waals surface area contributed by atoms with Gasteiger partial charge in [0.05, 0.1) is 13.2 Å². The number of rotatable bonds is 8. The predicted molar refractivity (Wildman–Crippen MR) is 98.8 cm³/mol. The summed E-state index contributed by atoms with van der Waals surface area (Å²) in [4.78, 5) is 16.4. The summed E-state index contributed by atoms with van der Waals surface area (Å²) in [5.74, 6) is 0.0911. The second-order valence-corrected chi connectivity index (χ2v) is 5.12. The number of hydrogen-bond donors (Lipinski definition) is 2. The van der Waals surface area contributed by atoms with Crippen LogP contribution in [0, 0.1) is 5.82 Å². The van der Waals surface area contributed by atoms with E-state index in [4.69, 9.17) is 4.74 Å². The van der Waals surface area contributed by atoms with Gasteiger partial charge in [-0.2, -0.15) is 0 Å². The molecular weight excluding hydrogens is 370 g/mol. The molecule has 2 N–H and O–H groups in total. The minimum Gasteiger partial charge on any atom is -0.383 e. The maximum Gasteiger partial charge on any atom is 0.234 e. The number of halogens is 3. The van der Waals surface area contributed by atoms with Crippen LogP contribution in [-0.2, 0) is 16.6 Å². The SMILES string of the molecule is COCCNCC(=O)NC(c1cccc(F)c1)c1nccn1C.Cl.Cl. The maximum absolute atomic E-state index is 13.5. The maximum atomic E-state index is 13.5. The molecule has 2 aromatic rings. The summed E-state index contributed by atoms with van der Waals surface area (Å²) in [6.45, 7) is 1.26. The lowest BCUT2D eigenvalue weighted by Gasteiger charge is -2.19. The standard InChI is InChI=1S/C16H21FN4O2.2ClH/c1-21-8-6-19-16(21)15(12-4-3-5-13(17)10-12)20-14(22)11-18-7-9-23-2;;/h3-6,8,10,15,18H,7,9,11H2,1-2H3,(H,20,22);2*1H. The highest BCUT2D eigenvalue weighted by Gasteiger charge is 2.20. The van der Waals surface area contributed by atoms with Crippen molar-refractivity contribution in [2.45, 2.75) is 6.04 Å². The molecule has 140 valence electrons. The number of nitrogens with one attached hydrogen (secondary N) is 2. The van der Waals surface area contributed by atoms with Crippen LogP contribution < -0.4 is 10.6 Å². The lowest BCUT2D eigenvalue weighted by molar-refractivity contribution is -0.120. The Morgan fingerprint density at radius 2 is 2.16 bits per heavy atom. The van der Waals surface area contributed by atoms with Crippen molar-refractivity contribution in [2.75, 3.05) is 26.8 Å². The molecule has 0 aliphatic heterocycles. The second kappa shape index (κ2) is 11.8. The fraction of sp³-hybridized carbons (Fsp3) is 0.375. The summed E-state index contributed by atoms with van der Waals surface area (Å²) >= 11 is 0. The average Bonchev–Trinajstić information content (AvgIpc) is 2.95. The molecule has 0 spiro atoms. The van der Waals surface area contributed by atoms with Crippen molar-refractivity contribution in [2.24, 2.45) is 7.05 Å². The number of carbonyl (C=O) groups excluding carboxylic acids is 1. The van der Waals surface area contributed by atoms with E-state index in [2.05, 4.69) is 15.6 Å². The van der Waals surface area contributed by atoms with Crippen LogP contribution in [-0.4, -0.2) is 42.3 Å². The van der Waals surface area contributed by atoms with E-state index in [-0.39, 0.29) is 43.1 Å². The molecule has 2 rings (SSSR count). The van der Waals surface area contributed by atoms with Gasteiger partial charge in [-0.05, 0) is 17.7 Å². The molecular formula is C16H23Cl2FN4O2. The normalized spacial score (nSPS) is 11.2. The number of methoxy groups -OCH3 is 1. The molecule has 0 aliphatic rings. The lowest BCUT2D eigenvalue weighted by Crippen LogP contribution is -2.38. The number of ether oxygens (including phenoxy) is 1. The highest BCUT2D eigenvalue weighted by Crippen LogP contribution is 2.21. The van der Waals surface area contributed by atoms with Gasteiger partial charge in [0.25, 0.3) is 0 Å². The quantitative estimate of drug-likeness (QED) is 0.672. The summed E-state index contributed by atoms with van der Waals surface area (Å²) < 4.78 is 20.2. The van der Waals surface area contributed by atoms with Crippen molar-refractivity contribution in [3.05, 3.63) is 53.9 Å². The fourth-order valence-corrected chi connectivity index (χ4v) is 2.23. The molecule has 0 saturated heterocycles. The van der Waals surface area contributed by atoms with E-state index in [1.54, 1.807) is 36.2 Å². The van der Waals surface area contributed by atoms with Gasteiger partial charge in [0.1, 0.15) is 17.7 Å². The molecule has 25 heavy (non-hydrogen) atoms. The Morgan fingerprint density at radius 1 is 1.40 bits per heavy atom. The van der Waals surface area contributed by atoms with Gasteiger partial charge in [-0.1, -0.05) is 12.1 Å². The van der Waals surface area contributed by atoms with Crippen molar-refractivity contribution in [1.82, 2.24) is 20.2 Å². The van der Waals surface area contributed by atoms with Crippen molar-refractivity contribution < 1.29 is 13.9 Å². The van der Waals surface area contributed by atoms with Gasteiger partial charge in [0.2, 0.25) is 5.91 Å². The molecule has 0 aliphatic carbocycles. The van der Waals surface area contributed by atoms with Crippen LogP contribution >= 0.6 is 24.8 Å². The Balaban J connectivity index is 0.00000288. The summed E-state index contributed by atoms with van der Waals surface area (Å²) in [7, 11) is 3.43. The number of hydrogen-bond acceptors (Lipinski definition) is 4. The van der Waals surface area contributed by atoms with E-state index in [0.29, 0.717) is 24.5 Å². The molecule has 0 radical (unpaired) electrons. The van der Waals surface area contributed by atoms with E-state index in [0.717, 1.165) is 0 Å². The van der Waals surface area contributed by atoms with Crippen molar-refractivity contribution in [1.29, 1.82) is 0 Å².